The molecule has 0 radical (unpaired) electrons. The van der Waals surface area contributed by atoms with Crippen LogP contribution in [0.3, 0.4) is 0 Å². The Morgan fingerprint density at radius 2 is 1.82 bits per heavy atom. The van der Waals surface area contributed by atoms with Crippen molar-refractivity contribution in [1.29, 1.82) is 0 Å². The van der Waals surface area contributed by atoms with Crippen molar-refractivity contribution in [3.05, 3.63) is 45.9 Å². The third-order valence-corrected chi connectivity index (χ3v) is 8.31. The number of rotatable bonds is 6. The van der Waals surface area contributed by atoms with Crippen LogP contribution >= 0.6 is 23.1 Å². The first kappa shape index (κ1) is 23.8. The standard InChI is InChI=1S/C24H30N4O3S2/c1-32-19-6-4-16(5-7-19)13-21(29)27-11-8-17(9-12-27)23-26-20(15-33-23)24(31)28-10-2-3-18(14-28)22(25)30/h4-7,15,17-18H,2-3,8-14H2,1H3,(H2,25,30). The highest BCUT2D eigenvalue weighted by Crippen LogP contribution is 2.31. The number of thioether (sulfide) groups is 1. The maximum atomic E-state index is 12.9. The molecule has 2 aromatic rings. The van der Waals surface area contributed by atoms with Crippen LogP contribution in [0.5, 0.6) is 0 Å². The predicted molar refractivity (Wildman–Crippen MR) is 130 cm³/mol. The number of nitrogens with zero attached hydrogens (tertiary/aromatic N) is 3. The van der Waals surface area contributed by atoms with E-state index in [-0.39, 0.29) is 29.6 Å². The van der Waals surface area contributed by atoms with E-state index in [1.165, 1.54) is 16.2 Å². The van der Waals surface area contributed by atoms with Crippen LogP contribution in [0.15, 0.2) is 34.5 Å². The van der Waals surface area contributed by atoms with Crippen LogP contribution in [0.1, 0.15) is 52.7 Å². The van der Waals surface area contributed by atoms with Gasteiger partial charge in [-0.15, -0.1) is 23.1 Å². The molecule has 4 rings (SSSR count). The number of hydrogen-bond donors (Lipinski definition) is 1. The lowest BCUT2D eigenvalue weighted by atomic mass is 9.96. The number of benzene rings is 1. The monoisotopic (exact) mass is 486 g/mol. The Labute approximate surface area is 202 Å². The van der Waals surface area contributed by atoms with Crippen LogP contribution in [0.4, 0.5) is 0 Å². The molecule has 1 aromatic heterocycles. The van der Waals surface area contributed by atoms with Gasteiger partial charge in [0.2, 0.25) is 11.8 Å². The number of aromatic nitrogens is 1. The average Bonchev–Trinajstić information content (AvgIpc) is 3.34. The summed E-state index contributed by atoms with van der Waals surface area (Å²) >= 11 is 3.21. The summed E-state index contributed by atoms with van der Waals surface area (Å²) in [5.41, 5.74) is 6.93. The molecule has 0 saturated carbocycles. The third-order valence-electron chi connectivity index (χ3n) is 6.56. The summed E-state index contributed by atoms with van der Waals surface area (Å²) in [5.74, 6) is -0.310. The van der Waals surface area contributed by atoms with Gasteiger partial charge < -0.3 is 15.5 Å². The normalized spacial score (nSPS) is 19.5. The third kappa shape index (κ3) is 5.76. The number of nitrogens with two attached hydrogens (primary N) is 1. The molecule has 0 bridgehead atoms. The average molecular weight is 487 g/mol. The summed E-state index contributed by atoms with van der Waals surface area (Å²) in [6.07, 6.45) is 5.69. The van der Waals surface area contributed by atoms with E-state index < -0.39 is 0 Å². The predicted octanol–water partition coefficient (Wildman–Crippen LogP) is 3.15. The van der Waals surface area contributed by atoms with Gasteiger partial charge in [0.15, 0.2) is 0 Å². The number of likely N-dealkylation sites (tertiary alicyclic amines) is 2. The van der Waals surface area contributed by atoms with Gasteiger partial charge in [-0.25, -0.2) is 4.98 Å². The van der Waals surface area contributed by atoms with E-state index in [0.717, 1.165) is 36.3 Å². The minimum absolute atomic E-state index is 0.122. The lowest BCUT2D eigenvalue weighted by Crippen LogP contribution is -2.44. The summed E-state index contributed by atoms with van der Waals surface area (Å²) in [6.45, 7) is 2.43. The number of piperidine rings is 2. The van der Waals surface area contributed by atoms with Crippen molar-refractivity contribution >= 4 is 40.8 Å². The van der Waals surface area contributed by atoms with Gasteiger partial charge in [0.25, 0.3) is 5.91 Å². The van der Waals surface area contributed by atoms with E-state index >= 15 is 0 Å². The van der Waals surface area contributed by atoms with Crippen molar-refractivity contribution < 1.29 is 14.4 Å². The SMILES string of the molecule is CSc1ccc(CC(=O)N2CCC(c3nc(C(=O)N4CCCC(C(N)=O)C4)cs3)CC2)cc1. The zero-order valence-corrected chi connectivity index (χ0v) is 20.5. The molecule has 2 aliphatic rings. The van der Waals surface area contributed by atoms with Crippen molar-refractivity contribution in [2.75, 3.05) is 32.4 Å². The quantitative estimate of drug-likeness (QED) is 0.633. The van der Waals surface area contributed by atoms with Crippen LogP contribution in [0, 0.1) is 5.92 Å². The highest BCUT2D eigenvalue weighted by atomic mass is 32.2. The summed E-state index contributed by atoms with van der Waals surface area (Å²) in [4.78, 5) is 46.6. The smallest absolute Gasteiger partial charge is 0.273 e. The Bertz CT molecular complexity index is 999. The highest BCUT2D eigenvalue weighted by Gasteiger charge is 2.30. The zero-order valence-electron chi connectivity index (χ0n) is 18.9. The molecule has 33 heavy (non-hydrogen) atoms. The molecule has 2 fully saturated rings. The molecule has 1 aromatic carbocycles. The minimum Gasteiger partial charge on any atom is -0.369 e. The fourth-order valence-corrected chi connectivity index (χ4v) is 5.91. The van der Waals surface area contributed by atoms with E-state index in [2.05, 4.69) is 17.1 Å². The second-order valence-corrected chi connectivity index (χ2v) is 10.5. The van der Waals surface area contributed by atoms with Crippen molar-refractivity contribution in [3.8, 4) is 0 Å². The summed E-state index contributed by atoms with van der Waals surface area (Å²) in [5, 5.41) is 2.78. The molecule has 176 valence electrons. The van der Waals surface area contributed by atoms with Crippen LogP contribution in [-0.2, 0) is 16.0 Å². The van der Waals surface area contributed by atoms with E-state index in [9.17, 15) is 14.4 Å². The molecular weight excluding hydrogens is 456 g/mol. The second-order valence-electron chi connectivity index (χ2n) is 8.74. The first-order valence-corrected chi connectivity index (χ1v) is 13.5. The van der Waals surface area contributed by atoms with Crippen molar-refractivity contribution in [1.82, 2.24) is 14.8 Å². The molecule has 0 spiro atoms. The van der Waals surface area contributed by atoms with Crippen molar-refractivity contribution in [3.63, 3.8) is 0 Å². The number of carbonyl (C=O) groups excluding carboxylic acids is 3. The molecule has 7 nitrogen and oxygen atoms in total. The fourth-order valence-electron chi connectivity index (χ4n) is 4.53. The maximum Gasteiger partial charge on any atom is 0.273 e. The molecule has 1 unspecified atom stereocenters. The topological polar surface area (TPSA) is 96.6 Å². The minimum atomic E-state index is -0.343. The number of hydrogen-bond acceptors (Lipinski definition) is 6. The van der Waals surface area contributed by atoms with Crippen LogP contribution in [-0.4, -0.2) is 64.9 Å². The van der Waals surface area contributed by atoms with Gasteiger partial charge in [-0.3, -0.25) is 14.4 Å². The Morgan fingerprint density at radius 1 is 1.09 bits per heavy atom. The van der Waals surface area contributed by atoms with Gasteiger partial charge in [0, 0.05) is 42.4 Å². The lowest BCUT2D eigenvalue weighted by molar-refractivity contribution is -0.131. The lowest BCUT2D eigenvalue weighted by Gasteiger charge is -2.31. The van der Waals surface area contributed by atoms with Gasteiger partial charge >= 0.3 is 0 Å². The van der Waals surface area contributed by atoms with Crippen molar-refractivity contribution in [2.24, 2.45) is 11.7 Å². The zero-order chi connectivity index (χ0) is 23.4. The molecule has 2 aliphatic heterocycles. The molecule has 2 N–H and O–H groups in total. The van der Waals surface area contributed by atoms with Gasteiger partial charge in [0.1, 0.15) is 5.69 Å². The highest BCUT2D eigenvalue weighted by molar-refractivity contribution is 7.98. The van der Waals surface area contributed by atoms with E-state index in [0.29, 0.717) is 38.3 Å². The van der Waals surface area contributed by atoms with Gasteiger partial charge in [-0.2, -0.15) is 0 Å². The molecular formula is C24H30N4O3S2. The van der Waals surface area contributed by atoms with Gasteiger partial charge in [0.05, 0.1) is 17.3 Å². The fraction of sp³-hybridized carbons (Fsp3) is 0.500. The second kappa shape index (κ2) is 10.7. The first-order valence-electron chi connectivity index (χ1n) is 11.4. The van der Waals surface area contributed by atoms with Crippen LogP contribution < -0.4 is 5.73 Å². The summed E-state index contributed by atoms with van der Waals surface area (Å²) in [6, 6.07) is 8.16. The molecule has 3 amide bonds. The Balaban J connectivity index is 1.30. The Morgan fingerprint density at radius 3 is 2.48 bits per heavy atom. The van der Waals surface area contributed by atoms with Crippen LogP contribution in [0.2, 0.25) is 0 Å². The number of amides is 3. The molecule has 9 heteroatoms. The number of thiazole rings is 1. The van der Waals surface area contributed by atoms with Crippen LogP contribution in [0.25, 0.3) is 0 Å². The molecule has 3 heterocycles. The first-order chi connectivity index (χ1) is 15.9. The maximum absolute atomic E-state index is 12.9. The largest absolute Gasteiger partial charge is 0.369 e. The number of primary amides is 1. The van der Waals surface area contributed by atoms with Gasteiger partial charge in [-0.1, -0.05) is 12.1 Å². The van der Waals surface area contributed by atoms with Gasteiger partial charge in [-0.05, 0) is 49.6 Å². The molecule has 1 atom stereocenters. The molecule has 0 aliphatic carbocycles. The Hall–Kier alpha value is -2.39. The van der Waals surface area contributed by atoms with E-state index in [4.69, 9.17) is 5.73 Å². The molecule has 2 saturated heterocycles. The van der Waals surface area contributed by atoms with E-state index in [1.807, 2.05) is 28.7 Å². The number of carbonyl (C=O) groups is 3. The van der Waals surface area contributed by atoms with Crippen molar-refractivity contribution in [2.45, 2.75) is 42.9 Å². The van der Waals surface area contributed by atoms with E-state index in [1.54, 1.807) is 16.7 Å². The summed E-state index contributed by atoms with van der Waals surface area (Å²) in [7, 11) is 0. The Kier molecular flexibility index (Phi) is 7.70. The summed E-state index contributed by atoms with van der Waals surface area (Å²) < 4.78 is 0.